The highest BCUT2D eigenvalue weighted by Gasteiger charge is 2.30. The molecular weight excluding hydrogens is 354 g/mol. The van der Waals surface area contributed by atoms with Crippen molar-refractivity contribution in [3.63, 3.8) is 0 Å². The zero-order chi connectivity index (χ0) is 16.0. The molecule has 1 aromatic heterocycles. The number of halogens is 1. The molecule has 0 saturated carbocycles. The second-order valence-electron chi connectivity index (χ2n) is 5.32. The molecule has 6 heteroatoms. The lowest BCUT2D eigenvalue weighted by atomic mass is 9.97. The van der Waals surface area contributed by atoms with E-state index in [1.807, 2.05) is 53.1 Å². The monoisotopic (exact) mass is 365 g/mol. The number of nitrogens with two attached hydrogens (primary N) is 1. The Morgan fingerprint density at radius 1 is 1.22 bits per heavy atom. The van der Waals surface area contributed by atoms with Crippen molar-refractivity contribution < 1.29 is 0 Å². The standard InChI is InChI=1S/C17H12BrN5/c18-11-5-3-4-10(8-11)15-12(9-19)16(20)22-17-21-13-6-1-2-7-14(13)23(15)17/h1-8,15H,20H2,(H,21,22). The molecule has 0 spiro atoms. The van der Waals surface area contributed by atoms with Gasteiger partial charge in [-0.25, -0.2) is 4.98 Å². The molecule has 5 nitrogen and oxygen atoms in total. The maximum absolute atomic E-state index is 9.62. The number of benzene rings is 2. The van der Waals surface area contributed by atoms with E-state index in [4.69, 9.17) is 5.73 Å². The number of hydrogen-bond donors (Lipinski definition) is 2. The van der Waals surface area contributed by atoms with Gasteiger partial charge in [-0.1, -0.05) is 40.2 Å². The van der Waals surface area contributed by atoms with Crippen molar-refractivity contribution in [3.8, 4) is 6.07 Å². The smallest absolute Gasteiger partial charge is 0.210 e. The highest BCUT2D eigenvalue weighted by atomic mass is 79.9. The van der Waals surface area contributed by atoms with Crippen LogP contribution in [0.15, 0.2) is 64.4 Å². The van der Waals surface area contributed by atoms with Crippen LogP contribution in [0.25, 0.3) is 11.0 Å². The van der Waals surface area contributed by atoms with Gasteiger partial charge in [-0.3, -0.25) is 4.57 Å². The van der Waals surface area contributed by atoms with Crippen LogP contribution in [0.2, 0.25) is 0 Å². The largest absolute Gasteiger partial charge is 0.384 e. The van der Waals surface area contributed by atoms with E-state index >= 15 is 0 Å². The molecule has 23 heavy (non-hydrogen) atoms. The number of nitriles is 1. The van der Waals surface area contributed by atoms with Crippen LogP contribution in [-0.4, -0.2) is 9.55 Å². The molecule has 1 atom stereocenters. The molecule has 0 amide bonds. The predicted molar refractivity (Wildman–Crippen MR) is 92.5 cm³/mol. The summed E-state index contributed by atoms with van der Waals surface area (Å²) < 4.78 is 2.97. The number of fused-ring (bicyclic) bond motifs is 3. The van der Waals surface area contributed by atoms with Crippen LogP contribution in [0.1, 0.15) is 11.6 Å². The van der Waals surface area contributed by atoms with Crippen LogP contribution in [0.5, 0.6) is 0 Å². The Morgan fingerprint density at radius 2 is 2.04 bits per heavy atom. The molecule has 0 fully saturated rings. The van der Waals surface area contributed by atoms with Gasteiger partial charge in [-0.2, -0.15) is 5.26 Å². The van der Waals surface area contributed by atoms with Crippen molar-refractivity contribution in [1.29, 1.82) is 5.26 Å². The van der Waals surface area contributed by atoms with E-state index in [9.17, 15) is 5.26 Å². The van der Waals surface area contributed by atoms with E-state index in [2.05, 4.69) is 32.3 Å². The van der Waals surface area contributed by atoms with Crippen LogP contribution in [0.4, 0.5) is 5.95 Å². The van der Waals surface area contributed by atoms with E-state index in [0.717, 1.165) is 21.1 Å². The number of imidazole rings is 1. The lowest BCUT2D eigenvalue weighted by Gasteiger charge is -2.27. The summed E-state index contributed by atoms with van der Waals surface area (Å²) in [6.45, 7) is 0. The Bertz CT molecular complexity index is 996. The zero-order valence-corrected chi connectivity index (χ0v) is 13.6. The molecule has 4 rings (SSSR count). The summed E-state index contributed by atoms with van der Waals surface area (Å²) in [5.41, 5.74) is 9.36. The van der Waals surface area contributed by atoms with Crippen LogP contribution < -0.4 is 11.1 Å². The van der Waals surface area contributed by atoms with E-state index in [1.165, 1.54) is 0 Å². The first-order valence-electron chi connectivity index (χ1n) is 7.08. The maximum atomic E-state index is 9.62. The third kappa shape index (κ3) is 2.09. The van der Waals surface area contributed by atoms with Crippen molar-refractivity contribution in [2.75, 3.05) is 5.32 Å². The fourth-order valence-corrected chi connectivity index (χ4v) is 3.39. The lowest BCUT2D eigenvalue weighted by molar-refractivity contribution is 0.680. The Kier molecular flexibility index (Phi) is 3.10. The molecule has 1 unspecified atom stereocenters. The van der Waals surface area contributed by atoms with E-state index in [-0.39, 0.29) is 6.04 Å². The summed E-state index contributed by atoms with van der Waals surface area (Å²) >= 11 is 3.50. The molecule has 0 aliphatic carbocycles. The molecule has 0 saturated heterocycles. The first-order valence-corrected chi connectivity index (χ1v) is 7.87. The molecule has 1 aliphatic rings. The summed E-state index contributed by atoms with van der Waals surface area (Å²) in [5, 5.41) is 12.7. The van der Waals surface area contributed by atoms with Crippen molar-refractivity contribution in [3.05, 3.63) is 70.0 Å². The van der Waals surface area contributed by atoms with Gasteiger partial charge >= 0.3 is 0 Å². The minimum Gasteiger partial charge on any atom is -0.384 e. The molecule has 112 valence electrons. The van der Waals surface area contributed by atoms with Gasteiger partial charge in [-0.15, -0.1) is 0 Å². The Morgan fingerprint density at radius 3 is 2.83 bits per heavy atom. The molecule has 2 heterocycles. The van der Waals surface area contributed by atoms with E-state index in [1.54, 1.807) is 0 Å². The van der Waals surface area contributed by atoms with Gasteiger partial charge in [0.25, 0.3) is 0 Å². The fraction of sp³-hybridized carbons (Fsp3) is 0.0588. The van der Waals surface area contributed by atoms with Crippen molar-refractivity contribution in [2.45, 2.75) is 6.04 Å². The van der Waals surface area contributed by atoms with Crippen molar-refractivity contribution >= 4 is 32.9 Å². The highest BCUT2D eigenvalue weighted by molar-refractivity contribution is 9.10. The third-order valence-electron chi connectivity index (χ3n) is 3.95. The second kappa shape index (κ2) is 5.14. The maximum Gasteiger partial charge on any atom is 0.210 e. The predicted octanol–water partition coefficient (Wildman–Crippen LogP) is 3.51. The Hall–Kier alpha value is -2.78. The number of rotatable bonds is 1. The second-order valence-corrected chi connectivity index (χ2v) is 6.23. The summed E-state index contributed by atoms with van der Waals surface area (Å²) in [4.78, 5) is 4.59. The first-order chi connectivity index (χ1) is 11.2. The highest BCUT2D eigenvalue weighted by Crippen LogP contribution is 2.38. The quantitative estimate of drug-likeness (QED) is 0.691. The van der Waals surface area contributed by atoms with E-state index in [0.29, 0.717) is 17.3 Å². The van der Waals surface area contributed by atoms with Gasteiger partial charge in [-0.05, 0) is 29.8 Å². The molecular formula is C17H12BrN5. The molecule has 1 aliphatic heterocycles. The van der Waals surface area contributed by atoms with Gasteiger partial charge in [0.05, 0.1) is 16.6 Å². The fourth-order valence-electron chi connectivity index (χ4n) is 2.97. The summed E-state index contributed by atoms with van der Waals surface area (Å²) in [7, 11) is 0. The number of para-hydroxylation sites is 2. The molecule has 2 aromatic carbocycles. The van der Waals surface area contributed by atoms with Crippen molar-refractivity contribution in [2.24, 2.45) is 5.73 Å². The topological polar surface area (TPSA) is 79.7 Å². The molecule has 3 aromatic rings. The third-order valence-corrected chi connectivity index (χ3v) is 4.44. The number of allylic oxidation sites excluding steroid dienone is 1. The average Bonchev–Trinajstić information content (AvgIpc) is 2.91. The lowest BCUT2D eigenvalue weighted by Crippen LogP contribution is -2.27. The van der Waals surface area contributed by atoms with Gasteiger partial charge in [0.1, 0.15) is 17.9 Å². The number of hydrogen-bond acceptors (Lipinski definition) is 4. The van der Waals surface area contributed by atoms with Gasteiger partial charge in [0, 0.05) is 4.47 Å². The molecule has 0 bridgehead atoms. The van der Waals surface area contributed by atoms with Crippen molar-refractivity contribution in [1.82, 2.24) is 9.55 Å². The van der Waals surface area contributed by atoms with E-state index < -0.39 is 0 Å². The van der Waals surface area contributed by atoms with Gasteiger partial charge in [0.15, 0.2) is 0 Å². The summed E-state index contributed by atoms with van der Waals surface area (Å²) in [6, 6.07) is 17.7. The number of aromatic nitrogens is 2. The first kappa shape index (κ1) is 13.9. The van der Waals surface area contributed by atoms with Gasteiger partial charge < -0.3 is 11.1 Å². The SMILES string of the molecule is N#CC1=C(N)Nc2nc3ccccc3n2C1c1cccc(Br)c1. The minimum atomic E-state index is -0.304. The van der Waals surface area contributed by atoms with Crippen LogP contribution >= 0.6 is 15.9 Å². The normalized spacial score (nSPS) is 16.8. The van der Waals surface area contributed by atoms with Crippen LogP contribution in [-0.2, 0) is 0 Å². The zero-order valence-electron chi connectivity index (χ0n) is 12.0. The van der Waals surface area contributed by atoms with Crippen LogP contribution in [0.3, 0.4) is 0 Å². The average molecular weight is 366 g/mol. The number of anilines is 1. The Labute approximate surface area is 141 Å². The number of nitrogens with zero attached hydrogens (tertiary/aromatic N) is 3. The summed E-state index contributed by atoms with van der Waals surface area (Å²) in [6.07, 6.45) is 0. The molecule has 0 radical (unpaired) electrons. The van der Waals surface area contributed by atoms with Crippen LogP contribution in [0, 0.1) is 11.3 Å². The number of nitrogens with one attached hydrogen (secondary N) is 1. The summed E-state index contributed by atoms with van der Waals surface area (Å²) in [5.74, 6) is 0.993. The Balaban J connectivity index is 2.04. The minimum absolute atomic E-state index is 0.304. The molecule has 3 N–H and O–H groups in total. The van der Waals surface area contributed by atoms with Gasteiger partial charge in [0.2, 0.25) is 5.95 Å².